The van der Waals surface area contributed by atoms with Crippen LogP contribution in [0.1, 0.15) is 34.8 Å². The van der Waals surface area contributed by atoms with E-state index in [0.717, 1.165) is 11.3 Å². The highest BCUT2D eigenvalue weighted by Gasteiger charge is 2.25. The molecule has 0 radical (unpaired) electrons. The molecule has 8 heteroatoms. The van der Waals surface area contributed by atoms with Crippen LogP contribution in [0.2, 0.25) is 0 Å². The zero-order chi connectivity index (χ0) is 15.6. The van der Waals surface area contributed by atoms with Gasteiger partial charge in [0.25, 0.3) is 0 Å². The molecule has 0 fully saturated rings. The fourth-order valence-corrected chi connectivity index (χ4v) is 4.27. The molecule has 0 bridgehead atoms. The molecule has 20 heavy (non-hydrogen) atoms. The molecule has 0 spiro atoms. The Morgan fingerprint density at radius 2 is 2.05 bits per heavy atom. The molecular formula is C12H19NO5S2. The predicted octanol–water partition coefficient (Wildman–Crippen LogP) is 1.44. The summed E-state index contributed by atoms with van der Waals surface area (Å²) in [5.41, 5.74) is -0.374. The minimum absolute atomic E-state index is 0.000279. The van der Waals surface area contributed by atoms with Gasteiger partial charge in [0.05, 0.1) is 4.90 Å². The summed E-state index contributed by atoms with van der Waals surface area (Å²) in [5, 5.41) is 17.8. The summed E-state index contributed by atoms with van der Waals surface area (Å²) < 4.78 is 26.8. The molecular weight excluding hydrogens is 302 g/mol. The first-order valence-electron chi connectivity index (χ1n) is 6.03. The van der Waals surface area contributed by atoms with Crippen molar-refractivity contribution in [2.75, 3.05) is 13.2 Å². The topological polar surface area (TPSA) is 104 Å². The first kappa shape index (κ1) is 17.1. The number of nitrogens with one attached hydrogen (secondary N) is 1. The van der Waals surface area contributed by atoms with Crippen LogP contribution in [0.25, 0.3) is 0 Å². The van der Waals surface area contributed by atoms with Gasteiger partial charge in [0, 0.05) is 18.0 Å². The summed E-state index contributed by atoms with van der Waals surface area (Å²) in [7, 11) is -3.74. The molecule has 1 aromatic rings. The van der Waals surface area contributed by atoms with Crippen LogP contribution in [-0.2, 0) is 10.0 Å². The number of aryl methyl sites for hydroxylation is 1. The van der Waals surface area contributed by atoms with Crippen molar-refractivity contribution in [3.63, 3.8) is 0 Å². The van der Waals surface area contributed by atoms with Crippen LogP contribution in [0.15, 0.2) is 11.0 Å². The first-order chi connectivity index (χ1) is 9.09. The third-order valence-electron chi connectivity index (χ3n) is 2.90. The maximum absolute atomic E-state index is 12.2. The standard InChI is InChI=1S/C12H19NO5S2/c1-8-10(6-9(19-8)11(15)16)20(17,18)13-7-12(2,3)4-5-14/h6,13-14H,4-5,7H2,1-3H3,(H,15,16). The number of carbonyl (C=O) groups is 1. The SMILES string of the molecule is Cc1sc(C(=O)O)cc1S(=O)(=O)NCC(C)(C)CCO. The second-order valence-corrected chi connectivity index (χ2v) is 8.29. The van der Waals surface area contributed by atoms with Crippen LogP contribution < -0.4 is 4.72 Å². The van der Waals surface area contributed by atoms with E-state index in [4.69, 9.17) is 10.2 Å². The lowest BCUT2D eigenvalue weighted by atomic mass is 9.90. The average molecular weight is 321 g/mol. The summed E-state index contributed by atoms with van der Waals surface area (Å²) in [4.78, 5) is 11.3. The van der Waals surface area contributed by atoms with Crippen LogP contribution in [-0.4, -0.2) is 37.8 Å². The highest BCUT2D eigenvalue weighted by Crippen LogP contribution is 2.26. The van der Waals surface area contributed by atoms with Crippen LogP contribution >= 0.6 is 11.3 Å². The Labute approximate surface area is 122 Å². The Balaban J connectivity index is 2.92. The molecule has 3 N–H and O–H groups in total. The highest BCUT2D eigenvalue weighted by molar-refractivity contribution is 7.89. The van der Waals surface area contributed by atoms with Crippen molar-refractivity contribution in [2.45, 2.75) is 32.1 Å². The van der Waals surface area contributed by atoms with Crippen LogP contribution in [0.4, 0.5) is 0 Å². The van der Waals surface area contributed by atoms with E-state index in [1.54, 1.807) is 6.92 Å². The minimum Gasteiger partial charge on any atom is -0.477 e. The number of aliphatic hydroxyl groups is 1. The third-order valence-corrected chi connectivity index (χ3v) is 5.60. The number of hydrogen-bond acceptors (Lipinski definition) is 5. The number of carboxylic acid groups (broad SMARTS) is 1. The number of carboxylic acids is 1. The molecule has 0 amide bonds. The van der Waals surface area contributed by atoms with Gasteiger partial charge in [0.2, 0.25) is 10.0 Å². The molecule has 1 heterocycles. The lowest BCUT2D eigenvalue weighted by Gasteiger charge is -2.23. The van der Waals surface area contributed by atoms with Gasteiger partial charge in [-0.3, -0.25) is 0 Å². The maximum Gasteiger partial charge on any atom is 0.345 e. The van der Waals surface area contributed by atoms with E-state index in [1.807, 2.05) is 13.8 Å². The second-order valence-electron chi connectivity index (χ2n) is 5.30. The molecule has 1 rings (SSSR count). The number of aliphatic hydroxyl groups excluding tert-OH is 1. The van der Waals surface area contributed by atoms with E-state index in [2.05, 4.69) is 4.72 Å². The summed E-state index contributed by atoms with van der Waals surface area (Å²) in [6.07, 6.45) is 0.471. The Morgan fingerprint density at radius 3 is 2.50 bits per heavy atom. The van der Waals surface area contributed by atoms with Crippen molar-refractivity contribution in [3.8, 4) is 0 Å². The quantitative estimate of drug-likeness (QED) is 0.705. The van der Waals surface area contributed by atoms with E-state index in [0.29, 0.717) is 11.3 Å². The molecule has 1 aromatic heterocycles. The first-order valence-corrected chi connectivity index (χ1v) is 8.33. The van der Waals surface area contributed by atoms with E-state index < -0.39 is 16.0 Å². The van der Waals surface area contributed by atoms with Crippen LogP contribution in [0, 0.1) is 12.3 Å². The Kier molecular flexibility index (Phi) is 5.31. The van der Waals surface area contributed by atoms with Gasteiger partial charge in [0.15, 0.2) is 0 Å². The minimum atomic E-state index is -3.74. The van der Waals surface area contributed by atoms with Crippen molar-refractivity contribution in [1.29, 1.82) is 0 Å². The van der Waals surface area contributed by atoms with Crippen molar-refractivity contribution in [2.24, 2.45) is 5.41 Å². The molecule has 0 aliphatic heterocycles. The van der Waals surface area contributed by atoms with Gasteiger partial charge >= 0.3 is 5.97 Å². The predicted molar refractivity (Wildman–Crippen MR) is 76.7 cm³/mol. The summed E-state index contributed by atoms with van der Waals surface area (Å²) >= 11 is 0.934. The highest BCUT2D eigenvalue weighted by atomic mass is 32.2. The second kappa shape index (κ2) is 6.21. The van der Waals surface area contributed by atoms with E-state index in [-0.39, 0.29) is 28.3 Å². The van der Waals surface area contributed by atoms with Crippen molar-refractivity contribution < 1.29 is 23.4 Å². The van der Waals surface area contributed by atoms with Crippen molar-refractivity contribution in [1.82, 2.24) is 4.72 Å². The van der Waals surface area contributed by atoms with Gasteiger partial charge in [-0.15, -0.1) is 11.3 Å². The normalized spacial score (nSPS) is 12.6. The van der Waals surface area contributed by atoms with E-state index >= 15 is 0 Å². The summed E-state index contributed by atoms with van der Waals surface area (Å²) in [5.74, 6) is -1.14. The van der Waals surface area contributed by atoms with Gasteiger partial charge in [-0.2, -0.15) is 0 Å². The Hall–Kier alpha value is -0.960. The average Bonchev–Trinajstić information content (AvgIpc) is 2.70. The molecule has 0 atom stereocenters. The molecule has 0 saturated carbocycles. The molecule has 0 aromatic carbocycles. The van der Waals surface area contributed by atoms with Crippen LogP contribution in [0.3, 0.4) is 0 Å². The zero-order valence-electron chi connectivity index (χ0n) is 11.6. The molecule has 0 aliphatic rings. The van der Waals surface area contributed by atoms with Gasteiger partial charge in [-0.25, -0.2) is 17.9 Å². The van der Waals surface area contributed by atoms with Crippen molar-refractivity contribution >= 4 is 27.3 Å². The Bertz CT molecular complexity index is 589. The van der Waals surface area contributed by atoms with Gasteiger partial charge in [0.1, 0.15) is 4.88 Å². The van der Waals surface area contributed by atoms with Gasteiger partial charge in [-0.1, -0.05) is 13.8 Å². The lowest BCUT2D eigenvalue weighted by molar-refractivity contribution is 0.0702. The zero-order valence-corrected chi connectivity index (χ0v) is 13.3. The largest absolute Gasteiger partial charge is 0.477 e. The fraction of sp³-hybridized carbons (Fsp3) is 0.583. The number of aromatic carboxylic acids is 1. The summed E-state index contributed by atoms with van der Waals surface area (Å²) in [6, 6.07) is 1.17. The molecule has 0 aliphatic carbocycles. The lowest BCUT2D eigenvalue weighted by Crippen LogP contribution is -2.34. The van der Waals surface area contributed by atoms with Gasteiger partial charge in [-0.05, 0) is 24.8 Å². The smallest absolute Gasteiger partial charge is 0.345 e. The molecule has 114 valence electrons. The van der Waals surface area contributed by atoms with Crippen LogP contribution in [0.5, 0.6) is 0 Å². The summed E-state index contributed by atoms with van der Waals surface area (Å²) in [6.45, 7) is 5.41. The van der Waals surface area contributed by atoms with Crippen molar-refractivity contribution in [3.05, 3.63) is 15.8 Å². The molecule has 0 saturated heterocycles. The monoisotopic (exact) mass is 321 g/mol. The van der Waals surface area contributed by atoms with Gasteiger partial charge < -0.3 is 10.2 Å². The molecule has 6 nitrogen and oxygen atoms in total. The number of thiophene rings is 1. The Morgan fingerprint density at radius 1 is 1.45 bits per heavy atom. The fourth-order valence-electron chi connectivity index (χ4n) is 1.60. The van der Waals surface area contributed by atoms with E-state index in [1.165, 1.54) is 6.07 Å². The number of hydrogen-bond donors (Lipinski definition) is 3. The number of rotatable bonds is 7. The maximum atomic E-state index is 12.2. The van der Waals surface area contributed by atoms with E-state index in [9.17, 15) is 13.2 Å². The third kappa shape index (κ3) is 4.27. The molecule has 0 unspecified atom stereocenters. The number of sulfonamides is 1.